The number of urea groups is 1. The zero-order valence-electron chi connectivity index (χ0n) is 14.6. The van der Waals surface area contributed by atoms with Gasteiger partial charge in [0.2, 0.25) is 6.41 Å². The predicted octanol–water partition coefficient (Wildman–Crippen LogP) is 3.44. The molecule has 2 aromatic carbocycles. The first-order chi connectivity index (χ1) is 12.6. The summed E-state index contributed by atoms with van der Waals surface area (Å²) in [6.45, 7) is 4.73. The second-order valence-electron chi connectivity index (χ2n) is 5.93. The van der Waals surface area contributed by atoms with E-state index in [1.807, 2.05) is 13.8 Å². The number of nitrogens with zero attached hydrogens (tertiary/aromatic N) is 1. The average molecular weight is 356 g/mol. The van der Waals surface area contributed by atoms with Crippen molar-refractivity contribution >= 4 is 23.8 Å². The molecule has 2 aromatic rings. The Balaban J connectivity index is 1.76. The molecule has 0 aromatic heterocycles. The Morgan fingerprint density at radius 1 is 1.15 bits per heavy atom. The van der Waals surface area contributed by atoms with Crippen LogP contribution in [-0.4, -0.2) is 31.8 Å². The Morgan fingerprint density at radius 2 is 1.92 bits per heavy atom. The van der Waals surface area contributed by atoms with Crippen molar-refractivity contribution in [1.82, 2.24) is 0 Å². The molecule has 0 atom stereocenters. The Bertz CT molecular complexity index is 806. The van der Waals surface area contributed by atoms with Gasteiger partial charge in [0.05, 0.1) is 11.8 Å². The van der Waals surface area contributed by atoms with Crippen LogP contribution in [0.5, 0.6) is 17.2 Å². The molecule has 0 spiro atoms. The van der Waals surface area contributed by atoms with E-state index in [4.69, 9.17) is 14.2 Å². The van der Waals surface area contributed by atoms with E-state index in [1.165, 1.54) is 0 Å². The number of carbonyl (C=O) groups excluding carboxylic acids is 2. The maximum atomic E-state index is 12.5. The fraction of sp³-hybridized carbons (Fsp3) is 0.263. The molecule has 1 N–H and O–H groups in total. The van der Waals surface area contributed by atoms with Crippen LogP contribution in [0.3, 0.4) is 0 Å². The third kappa shape index (κ3) is 4.05. The molecule has 0 saturated carbocycles. The first-order valence-electron chi connectivity index (χ1n) is 8.28. The van der Waals surface area contributed by atoms with Gasteiger partial charge >= 0.3 is 6.03 Å². The summed E-state index contributed by atoms with van der Waals surface area (Å²) in [5.74, 6) is 1.72. The largest absolute Gasteiger partial charge is 0.491 e. The summed E-state index contributed by atoms with van der Waals surface area (Å²) in [6, 6.07) is 11.3. The summed E-state index contributed by atoms with van der Waals surface area (Å²) in [5.41, 5.74) is 0.911. The van der Waals surface area contributed by atoms with Gasteiger partial charge in [-0.05, 0) is 38.1 Å². The zero-order chi connectivity index (χ0) is 18.5. The Kier molecular flexibility index (Phi) is 5.26. The van der Waals surface area contributed by atoms with Gasteiger partial charge in [-0.2, -0.15) is 0 Å². The van der Waals surface area contributed by atoms with E-state index in [0.29, 0.717) is 48.2 Å². The molecule has 0 fully saturated rings. The third-order valence-corrected chi connectivity index (χ3v) is 3.59. The molecule has 3 amide bonds. The minimum Gasteiger partial charge on any atom is -0.491 e. The van der Waals surface area contributed by atoms with Crippen LogP contribution in [0.2, 0.25) is 0 Å². The van der Waals surface area contributed by atoms with Crippen molar-refractivity contribution in [3.8, 4) is 17.2 Å². The number of nitrogens with one attached hydrogen (secondary N) is 1. The van der Waals surface area contributed by atoms with Crippen molar-refractivity contribution in [3.63, 3.8) is 0 Å². The van der Waals surface area contributed by atoms with Gasteiger partial charge in [-0.15, -0.1) is 0 Å². The zero-order valence-corrected chi connectivity index (χ0v) is 14.6. The smallest absolute Gasteiger partial charge is 0.332 e. The maximum absolute atomic E-state index is 12.5. The lowest BCUT2D eigenvalue weighted by molar-refractivity contribution is -0.106. The molecule has 7 nitrogen and oxygen atoms in total. The fourth-order valence-corrected chi connectivity index (χ4v) is 2.51. The van der Waals surface area contributed by atoms with Gasteiger partial charge in [-0.3, -0.25) is 4.79 Å². The highest BCUT2D eigenvalue weighted by Crippen LogP contribution is 2.34. The van der Waals surface area contributed by atoms with Gasteiger partial charge in [-0.25, -0.2) is 9.69 Å². The van der Waals surface area contributed by atoms with Gasteiger partial charge in [0.25, 0.3) is 0 Å². The molecule has 0 aliphatic carbocycles. The van der Waals surface area contributed by atoms with E-state index in [2.05, 4.69) is 5.32 Å². The Labute approximate surface area is 151 Å². The molecule has 1 aliphatic heterocycles. The van der Waals surface area contributed by atoms with E-state index in [-0.39, 0.29) is 6.10 Å². The van der Waals surface area contributed by atoms with Gasteiger partial charge in [0, 0.05) is 17.8 Å². The minimum absolute atomic E-state index is 0.0186. The standard InChI is InChI=1S/C19H20N2O5/c1-13(2)26-16-5-3-4-14(10-16)20-19(23)21(12-22)15-6-7-17-18(11-15)25-9-8-24-17/h3-7,10-13H,8-9H2,1-2H3,(H,20,23). The fourth-order valence-electron chi connectivity index (χ4n) is 2.51. The molecule has 26 heavy (non-hydrogen) atoms. The normalized spacial score (nSPS) is 12.4. The summed E-state index contributed by atoms with van der Waals surface area (Å²) in [4.78, 5) is 25.0. The summed E-state index contributed by atoms with van der Waals surface area (Å²) in [6.07, 6.45) is 0.472. The second kappa shape index (κ2) is 7.77. The van der Waals surface area contributed by atoms with Crippen molar-refractivity contribution in [2.24, 2.45) is 0 Å². The number of imide groups is 1. The highest BCUT2D eigenvalue weighted by Gasteiger charge is 2.19. The molecule has 0 unspecified atom stereocenters. The lowest BCUT2D eigenvalue weighted by Crippen LogP contribution is -2.33. The van der Waals surface area contributed by atoms with Crippen molar-refractivity contribution in [2.45, 2.75) is 20.0 Å². The minimum atomic E-state index is -0.585. The van der Waals surface area contributed by atoms with Crippen molar-refractivity contribution < 1.29 is 23.8 Å². The van der Waals surface area contributed by atoms with Crippen molar-refractivity contribution in [2.75, 3.05) is 23.4 Å². The van der Waals surface area contributed by atoms with Crippen LogP contribution >= 0.6 is 0 Å². The molecule has 136 valence electrons. The summed E-state index contributed by atoms with van der Waals surface area (Å²) >= 11 is 0. The number of fused-ring (bicyclic) bond motifs is 1. The lowest BCUT2D eigenvalue weighted by atomic mass is 10.2. The van der Waals surface area contributed by atoms with Gasteiger partial charge in [-0.1, -0.05) is 6.07 Å². The van der Waals surface area contributed by atoms with Crippen LogP contribution in [0.1, 0.15) is 13.8 Å². The molecule has 3 rings (SSSR count). The van der Waals surface area contributed by atoms with E-state index in [0.717, 1.165) is 4.90 Å². The van der Waals surface area contributed by atoms with Crippen LogP contribution in [0.4, 0.5) is 16.2 Å². The number of hydrogen-bond acceptors (Lipinski definition) is 5. The maximum Gasteiger partial charge on any atom is 0.332 e. The second-order valence-corrected chi connectivity index (χ2v) is 5.93. The van der Waals surface area contributed by atoms with Gasteiger partial charge < -0.3 is 19.5 Å². The topological polar surface area (TPSA) is 77.1 Å². The number of carbonyl (C=O) groups is 2. The first kappa shape index (κ1) is 17.6. The van der Waals surface area contributed by atoms with E-state index >= 15 is 0 Å². The summed E-state index contributed by atoms with van der Waals surface area (Å²) in [7, 11) is 0. The van der Waals surface area contributed by atoms with E-state index in [9.17, 15) is 9.59 Å². The van der Waals surface area contributed by atoms with Crippen molar-refractivity contribution in [3.05, 3.63) is 42.5 Å². The average Bonchev–Trinajstić information content (AvgIpc) is 2.62. The van der Waals surface area contributed by atoms with Crippen LogP contribution < -0.4 is 24.4 Å². The van der Waals surface area contributed by atoms with E-state index < -0.39 is 6.03 Å². The summed E-state index contributed by atoms with van der Waals surface area (Å²) < 4.78 is 16.5. The quantitative estimate of drug-likeness (QED) is 0.831. The van der Waals surface area contributed by atoms with Crippen LogP contribution in [0.25, 0.3) is 0 Å². The highest BCUT2D eigenvalue weighted by atomic mass is 16.6. The number of anilines is 2. The highest BCUT2D eigenvalue weighted by molar-refractivity contribution is 6.12. The predicted molar refractivity (Wildman–Crippen MR) is 97.2 cm³/mol. The SMILES string of the molecule is CC(C)Oc1cccc(NC(=O)N(C=O)c2ccc3c(c2)OCCO3)c1. The molecular weight excluding hydrogens is 336 g/mol. The van der Waals surface area contributed by atoms with Crippen LogP contribution in [0, 0.1) is 0 Å². The first-order valence-corrected chi connectivity index (χ1v) is 8.28. The monoisotopic (exact) mass is 356 g/mol. The van der Waals surface area contributed by atoms with Gasteiger partial charge in [0.1, 0.15) is 19.0 Å². The molecule has 1 heterocycles. The van der Waals surface area contributed by atoms with Gasteiger partial charge in [0.15, 0.2) is 11.5 Å². The Hall–Kier alpha value is -3.22. The van der Waals surface area contributed by atoms with Crippen LogP contribution in [0.15, 0.2) is 42.5 Å². The number of ether oxygens (including phenoxy) is 3. The third-order valence-electron chi connectivity index (χ3n) is 3.59. The number of rotatable bonds is 5. The molecule has 0 saturated heterocycles. The lowest BCUT2D eigenvalue weighted by Gasteiger charge is -2.22. The molecule has 0 radical (unpaired) electrons. The summed E-state index contributed by atoms with van der Waals surface area (Å²) in [5, 5.41) is 2.69. The number of benzene rings is 2. The van der Waals surface area contributed by atoms with Crippen molar-refractivity contribution in [1.29, 1.82) is 0 Å². The van der Waals surface area contributed by atoms with Crippen LogP contribution in [-0.2, 0) is 4.79 Å². The molecule has 7 heteroatoms. The Morgan fingerprint density at radius 3 is 2.65 bits per heavy atom. The number of hydrogen-bond donors (Lipinski definition) is 1. The molecule has 0 bridgehead atoms. The van der Waals surface area contributed by atoms with E-state index in [1.54, 1.807) is 42.5 Å². The number of amides is 3. The molecule has 1 aliphatic rings. The molecular formula is C19H20N2O5.